The molecular weight excluding hydrogens is 336 g/mol. The van der Waals surface area contributed by atoms with Crippen molar-refractivity contribution in [1.82, 2.24) is 24.6 Å². The molecule has 0 radical (unpaired) electrons. The Bertz CT molecular complexity index is 739. The molecule has 2 aromatic rings. The summed E-state index contributed by atoms with van der Waals surface area (Å²) in [6, 6.07) is 0.928. The molecule has 0 aliphatic carbocycles. The van der Waals surface area contributed by atoms with Gasteiger partial charge in [0, 0.05) is 12.6 Å². The molecule has 1 fully saturated rings. The molecule has 0 unspecified atom stereocenters. The summed E-state index contributed by atoms with van der Waals surface area (Å²) in [5, 5.41) is 10.2. The summed E-state index contributed by atoms with van der Waals surface area (Å²) in [6.45, 7) is 5.14. The summed E-state index contributed by atoms with van der Waals surface area (Å²) >= 11 is 1.61. The van der Waals surface area contributed by atoms with Crippen LogP contribution >= 0.6 is 11.3 Å². The number of aromatic nitrogens is 4. The Labute approximate surface area is 142 Å². The van der Waals surface area contributed by atoms with Crippen LogP contribution in [0.5, 0.6) is 0 Å². The maximum atomic E-state index is 12.5. The van der Waals surface area contributed by atoms with Crippen molar-refractivity contribution in [3.05, 3.63) is 38.5 Å². The van der Waals surface area contributed by atoms with Crippen LogP contribution in [0.1, 0.15) is 35.0 Å². The third kappa shape index (κ3) is 4.21. The standard InChI is InChI=1S/C15H19F2N5OS/c1-10-19-20-13(24-10)8-21-4-2-11(3-5-21)7-22-9-18-12(15(16)17)6-14(22)23/h6,9,11,15H,2-5,7-8H2,1H3. The van der Waals surface area contributed by atoms with Gasteiger partial charge in [0.2, 0.25) is 0 Å². The maximum Gasteiger partial charge on any atom is 0.280 e. The summed E-state index contributed by atoms with van der Waals surface area (Å²) in [5.41, 5.74) is -0.870. The number of nitrogens with zero attached hydrogens (tertiary/aromatic N) is 5. The third-order valence-electron chi connectivity index (χ3n) is 4.21. The van der Waals surface area contributed by atoms with Crippen LogP contribution in [-0.2, 0) is 13.1 Å². The summed E-state index contributed by atoms with van der Waals surface area (Å²) in [4.78, 5) is 17.9. The van der Waals surface area contributed by atoms with Gasteiger partial charge in [-0.25, -0.2) is 13.8 Å². The molecule has 0 atom stereocenters. The first-order valence-electron chi connectivity index (χ1n) is 7.87. The summed E-state index contributed by atoms with van der Waals surface area (Å²) < 4.78 is 26.5. The predicted molar refractivity (Wildman–Crippen MR) is 86.1 cm³/mol. The number of hydrogen-bond acceptors (Lipinski definition) is 6. The van der Waals surface area contributed by atoms with Gasteiger partial charge in [0.05, 0.1) is 12.9 Å². The molecule has 24 heavy (non-hydrogen) atoms. The third-order valence-corrected chi connectivity index (χ3v) is 5.04. The first kappa shape index (κ1) is 17.1. The fourth-order valence-corrected chi connectivity index (χ4v) is 3.65. The van der Waals surface area contributed by atoms with Crippen LogP contribution in [0, 0.1) is 12.8 Å². The zero-order valence-electron chi connectivity index (χ0n) is 13.4. The molecule has 1 aliphatic rings. The van der Waals surface area contributed by atoms with E-state index in [9.17, 15) is 13.6 Å². The number of rotatable bonds is 5. The van der Waals surface area contributed by atoms with E-state index in [-0.39, 0.29) is 0 Å². The van der Waals surface area contributed by atoms with Gasteiger partial charge in [-0.1, -0.05) is 0 Å². The van der Waals surface area contributed by atoms with E-state index in [0.717, 1.165) is 48.6 Å². The molecule has 1 aliphatic heterocycles. The molecule has 130 valence electrons. The minimum absolute atomic E-state index is 0.356. The lowest BCUT2D eigenvalue weighted by Gasteiger charge is -2.31. The zero-order valence-corrected chi connectivity index (χ0v) is 14.2. The van der Waals surface area contributed by atoms with Gasteiger partial charge in [0.25, 0.3) is 12.0 Å². The molecular formula is C15H19F2N5OS. The molecule has 0 amide bonds. The lowest BCUT2D eigenvalue weighted by Crippen LogP contribution is -2.36. The van der Waals surface area contributed by atoms with Crippen LogP contribution in [-0.4, -0.2) is 37.7 Å². The lowest BCUT2D eigenvalue weighted by atomic mass is 9.97. The van der Waals surface area contributed by atoms with Crippen molar-refractivity contribution in [2.45, 2.75) is 39.3 Å². The fourth-order valence-electron chi connectivity index (χ4n) is 2.89. The highest BCUT2D eigenvalue weighted by Crippen LogP contribution is 2.21. The van der Waals surface area contributed by atoms with E-state index >= 15 is 0 Å². The second kappa shape index (κ2) is 7.43. The molecule has 0 spiro atoms. The monoisotopic (exact) mass is 355 g/mol. The van der Waals surface area contributed by atoms with Gasteiger partial charge in [-0.2, -0.15) is 0 Å². The largest absolute Gasteiger partial charge is 0.299 e. The van der Waals surface area contributed by atoms with Crippen molar-refractivity contribution in [3.63, 3.8) is 0 Å². The second-order valence-corrected chi connectivity index (χ2v) is 7.31. The minimum atomic E-state index is -2.71. The Morgan fingerprint density at radius 3 is 2.67 bits per heavy atom. The van der Waals surface area contributed by atoms with Crippen LogP contribution in [0.3, 0.4) is 0 Å². The van der Waals surface area contributed by atoms with E-state index in [1.54, 1.807) is 11.3 Å². The van der Waals surface area contributed by atoms with E-state index in [1.807, 2.05) is 6.92 Å². The summed E-state index contributed by atoms with van der Waals surface area (Å²) in [6.07, 6.45) is 0.446. The Hall–Kier alpha value is -1.74. The zero-order chi connectivity index (χ0) is 17.1. The Morgan fingerprint density at radius 1 is 1.33 bits per heavy atom. The Kier molecular flexibility index (Phi) is 5.30. The molecule has 0 aromatic carbocycles. The van der Waals surface area contributed by atoms with Gasteiger partial charge >= 0.3 is 0 Å². The SMILES string of the molecule is Cc1nnc(CN2CCC(Cn3cnc(C(F)F)cc3=O)CC2)s1. The summed E-state index contributed by atoms with van der Waals surface area (Å²) in [7, 11) is 0. The highest BCUT2D eigenvalue weighted by Gasteiger charge is 2.21. The van der Waals surface area contributed by atoms with Crippen LogP contribution in [0.2, 0.25) is 0 Å². The number of alkyl halides is 2. The van der Waals surface area contributed by atoms with Crippen LogP contribution in [0.15, 0.2) is 17.2 Å². The smallest absolute Gasteiger partial charge is 0.280 e. The van der Waals surface area contributed by atoms with Crippen molar-refractivity contribution in [3.8, 4) is 0 Å². The van der Waals surface area contributed by atoms with Gasteiger partial charge in [-0.05, 0) is 38.8 Å². The highest BCUT2D eigenvalue weighted by atomic mass is 32.1. The Balaban J connectivity index is 1.53. The van der Waals surface area contributed by atoms with E-state index in [1.165, 1.54) is 10.9 Å². The van der Waals surface area contributed by atoms with Crippen LogP contribution in [0.4, 0.5) is 8.78 Å². The number of aryl methyl sites for hydroxylation is 1. The molecule has 0 bridgehead atoms. The predicted octanol–water partition coefficient (Wildman–Crippen LogP) is 2.25. The van der Waals surface area contributed by atoms with Gasteiger partial charge in [0.1, 0.15) is 15.7 Å². The topological polar surface area (TPSA) is 63.9 Å². The molecule has 3 rings (SSSR count). The van der Waals surface area contributed by atoms with Crippen molar-refractivity contribution in [2.75, 3.05) is 13.1 Å². The van der Waals surface area contributed by atoms with Crippen molar-refractivity contribution >= 4 is 11.3 Å². The maximum absolute atomic E-state index is 12.5. The first-order valence-corrected chi connectivity index (χ1v) is 8.69. The van der Waals surface area contributed by atoms with E-state index in [4.69, 9.17) is 0 Å². The van der Waals surface area contributed by atoms with Crippen molar-refractivity contribution in [2.24, 2.45) is 5.92 Å². The number of piperidine rings is 1. The average molecular weight is 355 g/mol. The van der Waals surface area contributed by atoms with Crippen molar-refractivity contribution < 1.29 is 8.78 Å². The molecule has 0 N–H and O–H groups in total. The summed E-state index contributed by atoms with van der Waals surface area (Å²) in [5.74, 6) is 0.356. The number of hydrogen-bond donors (Lipinski definition) is 0. The first-order chi connectivity index (χ1) is 11.5. The minimum Gasteiger partial charge on any atom is -0.299 e. The molecule has 2 aromatic heterocycles. The number of likely N-dealkylation sites (tertiary alicyclic amines) is 1. The van der Waals surface area contributed by atoms with Crippen LogP contribution < -0.4 is 5.56 Å². The quantitative estimate of drug-likeness (QED) is 0.823. The molecule has 3 heterocycles. The van der Waals surface area contributed by atoms with E-state index < -0.39 is 17.7 Å². The average Bonchev–Trinajstić information content (AvgIpc) is 2.96. The lowest BCUT2D eigenvalue weighted by molar-refractivity contribution is 0.144. The molecule has 1 saturated heterocycles. The van der Waals surface area contributed by atoms with Gasteiger partial charge < -0.3 is 0 Å². The van der Waals surface area contributed by atoms with Gasteiger partial charge in [-0.3, -0.25) is 14.3 Å². The highest BCUT2D eigenvalue weighted by molar-refractivity contribution is 7.11. The fraction of sp³-hybridized carbons (Fsp3) is 0.600. The second-order valence-electron chi connectivity index (χ2n) is 6.04. The normalized spacial score (nSPS) is 16.8. The Morgan fingerprint density at radius 2 is 2.08 bits per heavy atom. The van der Waals surface area contributed by atoms with Gasteiger partial charge in [-0.15, -0.1) is 21.5 Å². The molecule has 0 saturated carbocycles. The molecule has 9 heteroatoms. The van der Waals surface area contributed by atoms with E-state index in [0.29, 0.717) is 12.5 Å². The van der Waals surface area contributed by atoms with Gasteiger partial charge in [0.15, 0.2) is 0 Å². The van der Waals surface area contributed by atoms with E-state index in [2.05, 4.69) is 20.1 Å². The van der Waals surface area contributed by atoms with Crippen molar-refractivity contribution in [1.29, 1.82) is 0 Å². The number of halogens is 2. The van der Waals surface area contributed by atoms with Crippen LogP contribution in [0.25, 0.3) is 0 Å². The molecule has 6 nitrogen and oxygen atoms in total.